The Morgan fingerprint density at radius 3 is 2.00 bits per heavy atom. The molecule has 7 nitrogen and oxygen atoms in total. The average molecular weight is 447 g/mol. The molecule has 3 rings (SSSR count). The van der Waals surface area contributed by atoms with Crippen molar-refractivity contribution in [3.63, 3.8) is 0 Å². The Morgan fingerprint density at radius 1 is 0.903 bits per heavy atom. The molecule has 0 bridgehead atoms. The van der Waals surface area contributed by atoms with Gasteiger partial charge >= 0.3 is 0 Å². The first-order valence-corrected chi connectivity index (χ1v) is 10.7. The SMILES string of the molecule is CCOc1ccc(OCC(=O)N2CCC(NC(=O)COc3ccc(Cl)cc3)CC2)cc1. The van der Waals surface area contributed by atoms with Gasteiger partial charge in [-0.2, -0.15) is 0 Å². The number of likely N-dealkylation sites (tertiary alicyclic amines) is 1. The van der Waals surface area contributed by atoms with Crippen molar-refractivity contribution in [1.29, 1.82) is 0 Å². The Labute approximate surface area is 187 Å². The second-order valence-electron chi connectivity index (χ2n) is 7.16. The van der Waals surface area contributed by atoms with E-state index in [-0.39, 0.29) is 31.1 Å². The van der Waals surface area contributed by atoms with E-state index >= 15 is 0 Å². The Kier molecular flexibility index (Phi) is 8.41. The summed E-state index contributed by atoms with van der Waals surface area (Å²) in [6.45, 7) is 3.61. The van der Waals surface area contributed by atoms with Gasteiger partial charge in [-0.15, -0.1) is 0 Å². The molecule has 0 saturated carbocycles. The molecule has 8 heteroatoms. The summed E-state index contributed by atoms with van der Waals surface area (Å²) < 4.78 is 16.4. The van der Waals surface area contributed by atoms with Gasteiger partial charge in [0.1, 0.15) is 17.2 Å². The molecule has 1 saturated heterocycles. The maximum atomic E-state index is 12.4. The standard InChI is InChI=1S/C23H27ClN2O5/c1-2-29-19-7-9-21(10-8-19)31-16-23(28)26-13-11-18(12-14-26)25-22(27)15-30-20-5-3-17(24)4-6-20/h3-10,18H,2,11-16H2,1H3,(H,25,27). The molecule has 1 heterocycles. The van der Waals surface area contributed by atoms with Gasteiger partial charge in [-0.3, -0.25) is 9.59 Å². The topological polar surface area (TPSA) is 77.1 Å². The molecule has 2 aromatic carbocycles. The zero-order valence-electron chi connectivity index (χ0n) is 17.5. The van der Waals surface area contributed by atoms with Gasteiger partial charge in [0, 0.05) is 24.2 Å². The summed E-state index contributed by atoms with van der Waals surface area (Å²) in [5, 5.41) is 3.58. The second-order valence-corrected chi connectivity index (χ2v) is 7.59. The Hall–Kier alpha value is -2.93. The number of hydrogen-bond donors (Lipinski definition) is 1. The number of benzene rings is 2. The van der Waals surface area contributed by atoms with Crippen LogP contribution in [0.5, 0.6) is 17.2 Å². The summed E-state index contributed by atoms with van der Waals surface area (Å²) in [5.74, 6) is 1.74. The van der Waals surface area contributed by atoms with Crippen molar-refractivity contribution in [2.24, 2.45) is 0 Å². The van der Waals surface area contributed by atoms with E-state index in [1.807, 2.05) is 19.1 Å². The molecule has 0 spiro atoms. The van der Waals surface area contributed by atoms with Crippen LogP contribution in [-0.2, 0) is 9.59 Å². The smallest absolute Gasteiger partial charge is 0.260 e. The second kappa shape index (κ2) is 11.5. The number of nitrogens with one attached hydrogen (secondary N) is 1. The molecule has 0 atom stereocenters. The Morgan fingerprint density at radius 2 is 1.42 bits per heavy atom. The summed E-state index contributed by atoms with van der Waals surface area (Å²) >= 11 is 5.83. The lowest BCUT2D eigenvalue weighted by molar-refractivity contribution is -0.134. The van der Waals surface area contributed by atoms with Crippen molar-refractivity contribution in [2.45, 2.75) is 25.8 Å². The maximum absolute atomic E-state index is 12.4. The third-order valence-electron chi connectivity index (χ3n) is 4.89. The lowest BCUT2D eigenvalue weighted by atomic mass is 10.1. The molecular weight excluding hydrogens is 420 g/mol. The number of amides is 2. The molecule has 1 fully saturated rings. The Balaban J connectivity index is 1.34. The number of halogens is 1. The first kappa shape index (κ1) is 22.7. The molecule has 2 aromatic rings. The van der Waals surface area contributed by atoms with Gasteiger partial charge in [0.25, 0.3) is 11.8 Å². The van der Waals surface area contributed by atoms with Gasteiger partial charge in [0.15, 0.2) is 13.2 Å². The molecule has 0 aromatic heterocycles. The monoisotopic (exact) mass is 446 g/mol. The normalized spacial score (nSPS) is 14.1. The zero-order valence-corrected chi connectivity index (χ0v) is 18.3. The highest BCUT2D eigenvalue weighted by atomic mass is 35.5. The Bertz CT molecular complexity index is 849. The fourth-order valence-electron chi connectivity index (χ4n) is 3.26. The lowest BCUT2D eigenvalue weighted by Gasteiger charge is -2.32. The van der Waals surface area contributed by atoms with Crippen LogP contribution in [-0.4, -0.2) is 55.7 Å². The summed E-state index contributed by atoms with van der Waals surface area (Å²) in [7, 11) is 0. The summed E-state index contributed by atoms with van der Waals surface area (Å²) in [6, 6.07) is 14.1. The highest BCUT2D eigenvalue weighted by Gasteiger charge is 2.24. The zero-order chi connectivity index (χ0) is 22.1. The fourth-order valence-corrected chi connectivity index (χ4v) is 3.38. The van der Waals surface area contributed by atoms with Crippen LogP contribution < -0.4 is 19.5 Å². The minimum Gasteiger partial charge on any atom is -0.494 e. The number of carbonyl (C=O) groups excluding carboxylic acids is 2. The average Bonchev–Trinajstić information content (AvgIpc) is 2.79. The number of rotatable bonds is 9. The van der Waals surface area contributed by atoms with Crippen LogP contribution in [0, 0.1) is 0 Å². The van der Waals surface area contributed by atoms with Crippen LogP contribution in [0.4, 0.5) is 0 Å². The van der Waals surface area contributed by atoms with Crippen LogP contribution in [0.2, 0.25) is 5.02 Å². The van der Waals surface area contributed by atoms with Crippen LogP contribution in [0.15, 0.2) is 48.5 Å². The van der Waals surface area contributed by atoms with Crippen molar-refractivity contribution in [1.82, 2.24) is 10.2 Å². The van der Waals surface area contributed by atoms with E-state index in [9.17, 15) is 9.59 Å². The number of ether oxygens (including phenoxy) is 3. The molecule has 1 aliphatic rings. The maximum Gasteiger partial charge on any atom is 0.260 e. The number of hydrogen-bond acceptors (Lipinski definition) is 5. The van der Waals surface area contributed by atoms with Crippen molar-refractivity contribution < 1.29 is 23.8 Å². The van der Waals surface area contributed by atoms with Gasteiger partial charge in [0.05, 0.1) is 6.61 Å². The third-order valence-corrected chi connectivity index (χ3v) is 5.15. The molecule has 31 heavy (non-hydrogen) atoms. The molecule has 0 unspecified atom stereocenters. The van der Waals surface area contributed by atoms with Crippen molar-refractivity contribution in [3.8, 4) is 17.2 Å². The lowest BCUT2D eigenvalue weighted by Crippen LogP contribution is -2.48. The van der Waals surface area contributed by atoms with E-state index in [1.54, 1.807) is 41.3 Å². The molecule has 2 amide bonds. The van der Waals surface area contributed by atoms with Gasteiger partial charge in [-0.1, -0.05) is 11.6 Å². The first-order chi connectivity index (χ1) is 15.0. The van der Waals surface area contributed by atoms with E-state index in [0.29, 0.717) is 49.1 Å². The highest BCUT2D eigenvalue weighted by molar-refractivity contribution is 6.30. The van der Waals surface area contributed by atoms with E-state index in [4.69, 9.17) is 25.8 Å². The largest absolute Gasteiger partial charge is 0.494 e. The predicted molar refractivity (Wildman–Crippen MR) is 118 cm³/mol. The first-order valence-electron chi connectivity index (χ1n) is 10.3. The van der Waals surface area contributed by atoms with Crippen LogP contribution >= 0.6 is 11.6 Å². The number of piperidine rings is 1. The number of nitrogens with zero attached hydrogens (tertiary/aromatic N) is 1. The van der Waals surface area contributed by atoms with E-state index in [0.717, 1.165) is 5.75 Å². The van der Waals surface area contributed by atoms with Crippen molar-refractivity contribution >= 4 is 23.4 Å². The molecule has 0 aliphatic carbocycles. The van der Waals surface area contributed by atoms with Gasteiger partial charge in [-0.05, 0) is 68.3 Å². The van der Waals surface area contributed by atoms with Crippen molar-refractivity contribution in [3.05, 3.63) is 53.6 Å². The van der Waals surface area contributed by atoms with Crippen molar-refractivity contribution in [2.75, 3.05) is 32.9 Å². The van der Waals surface area contributed by atoms with Gasteiger partial charge in [-0.25, -0.2) is 0 Å². The molecule has 1 aliphatic heterocycles. The summed E-state index contributed by atoms with van der Waals surface area (Å²) in [6.07, 6.45) is 1.39. The molecular formula is C23H27ClN2O5. The molecule has 1 N–H and O–H groups in total. The highest BCUT2D eigenvalue weighted by Crippen LogP contribution is 2.18. The minimum absolute atomic E-state index is 0.0139. The predicted octanol–water partition coefficient (Wildman–Crippen LogP) is 3.30. The van der Waals surface area contributed by atoms with Crippen LogP contribution in [0.1, 0.15) is 19.8 Å². The quantitative estimate of drug-likeness (QED) is 0.639. The summed E-state index contributed by atoms with van der Waals surface area (Å²) in [4.78, 5) is 26.3. The van der Waals surface area contributed by atoms with E-state index in [1.165, 1.54) is 0 Å². The van der Waals surface area contributed by atoms with Crippen LogP contribution in [0.3, 0.4) is 0 Å². The molecule has 0 radical (unpaired) electrons. The van der Waals surface area contributed by atoms with Gasteiger partial charge < -0.3 is 24.4 Å². The van der Waals surface area contributed by atoms with E-state index < -0.39 is 0 Å². The fraction of sp³-hybridized carbons (Fsp3) is 0.391. The van der Waals surface area contributed by atoms with Gasteiger partial charge in [0.2, 0.25) is 0 Å². The van der Waals surface area contributed by atoms with Crippen LogP contribution in [0.25, 0.3) is 0 Å². The summed E-state index contributed by atoms with van der Waals surface area (Å²) in [5.41, 5.74) is 0. The third kappa shape index (κ3) is 7.36. The number of carbonyl (C=O) groups is 2. The minimum atomic E-state index is -0.182. The molecule has 166 valence electrons. The van der Waals surface area contributed by atoms with E-state index in [2.05, 4.69) is 5.32 Å².